The number of fused-ring (bicyclic) bond motifs is 1. The second kappa shape index (κ2) is 8.75. The molecule has 8 heteroatoms. The number of rotatable bonds is 5. The Morgan fingerprint density at radius 2 is 1.86 bits per heavy atom. The van der Waals surface area contributed by atoms with Crippen molar-refractivity contribution >= 4 is 35.0 Å². The summed E-state index contributed by atoms with van der Waals surface area (Å²) in [6, 6.07) is 13.5. The minimum absolute atomic E-state index is 0.0914. The molecule has 0 saturated heterocycles. The second-order valence-corrected chi connectivity index (χ2v) is 6.64. The second-order valence-electron chi connectivity index (χ2n) is 6.21. The predicted molar refractivity (Wildman–Crippen MR) is 106 cm³/mol. The van der Waals surface area contributed by atoms with E-state index < -0.39 is 6.10 Å². The topological polar surface area (TPSA) is 87.7 Å². The van der Waals surface area contributed by atoms with Crippen LogP contribution in [-0.2, 0) is 9.59 Å². The van der Waals surface area contributed by atoms with Crippen LogP contribution in [0.25, 0.3) is 0 Å². The van der Waals surface area contributed by atoms with Gasteiger partial charge in [-0.15, -0.1) is 0 Å². The van der Waals surface area contributed by atoms with E-state index >= 15 is 0 Å². The lowest BCUT2D eigenvalue weighted by atomic mass is 10.1. The first-order chi connectivity index (χ1) is 13.5. The van der Waals surface area contributed by atoms with E-state index in [0.717, 1.165) is 0 Å². The maximum atomic E-state index is 12.7. The first-order valence-electron chi connectivity index (χ1n) is 8.81. The molecule has 0 unspecified atom stereocenters. The fourth-order valence-electron chi connectivity index (χ4n) is 2.89. The monoisotopic (exact) mass is 401 g/mol. The molecule has 1 aliphatic heterocycles. The van der Waals surface area contributed by atoms with Crippen molar-refractivity contribution < 1.29 is 19.1 Å². The molecule has 2 N–H and O–H groups in total. The Kier molecular flexibility index (Phi) is 6.16. The van der Waals surface area contributed by atoms with Crippen LogP contribution in [0.15, 0.2) is 48.5 Å². The summed E-state index contributed by atoms with van der Waals surface area (Å²) >= 11 is 5.81. The number of para-hydroxylation sites is 2. The van der Waals surface area contributed by atoms with Gasteiger partial charge in [0.2, 0.25) is 5.91 Å². The minimum Gasteiger partial charge on any atom is -0.477 e. The number of nitrogens with one attached hydrogen (secondary N) is 2. The van der Waals surface area contributed by atoms with Crippen molar-refractivity contribution in [3.63, 3.8) is 0 Å². The van der Waals surface area contributed by atoms with Crippen LogP contribution >= 0.6 is 11.6 Å². The van der Waals surface area contributed by atoms with Crippen LogP contribution in [0.3, 0.4) is 0 Å². The molecule has 28 heavy (non-hydrogen) atoms. The fraction of sp³-hybridized carbons (Fsp3) is 0.250. The molecule has 0 aliphatic carbocycles. The molecule has 2 aromatic carbocycles. The summed E-state index contributed by atoms with van der Waals surface area (Å²) in [5.74, 6) is -0.319. The van der Waals surface area contributed by atoms with Crippen LogP contribution in [0, 0.1) is 0 Å². The van der Waals surface area contributed by atoms with Crippen molar-refractivity contribution in [2.75, 3.05) is 25.0 Å². The number of carbonyl (C=O) groups excluding carboxylic acids is 3. The fourth-order valence-corrected chi connectivity index (χ4v) is 3.02. The van der Waals surface area contributed by atoms with Gasteiger partial charge in [0.15, 0.2) is 6.10 Å². The van der Waals surface area contributed by atoms with Crippen molar-refractivity contribution in [1.29, 1.82) is 0 Å². The van der Waals surface area contributed by atoms with E-state index in [1.54, 1.807) is 48.5 Å². The lowest BCUT2D eigenvalue weighted by Gasteiger charge is -2.34. The van der Waals surface area contributed by atoms with Crippen LogP contribution in [0.4, 0.5) is 5.69 Å². The number of hydrogen-bond acceptors (Lipinski definition) is 4. The van der Waals surface area contributed by atoms with E-state index in [-0.39, 0.29) is 37.2 Å². The number of carbonyl (C=O) groups is 3. The maximum absolute atomic E-state index is 12.7. The van der Waals surface area contributed by atoms with Gasteiger partial charge in [-0.05, 0) is 36.4 Å². The molecule has 0 bridgehead atoms. The number of anilines is 1. The highest BCUT2D eigenvalue weighted by atomic mass is 35.5. The highest BCUT2D eigenvalue weighted by Gasteiger charge is 2.33. The molecule has 0 radical (unpaired) electrons. The number of benzene rings is 2. The van der Waals surface area contributed by atoms with Gasteiger partial charge in [-0.25, -0.2) is 0 Å². The van der Waals surface area contributed by atoms with Crippen LogP contribution in [0.2, 0.25) is 5.02 Å². The largest absolute Gasteiger partial charge is 0.477 e. The van der Waals surface area contributed by atoms with Crippen LogP contribution < -0.4 is 20.3 Å². The van der Waals surface area contributed by atoms with Gasteiger partial charge in [-0.2, -0.15) is 0 Å². The summed E-state index contributed by atoms with van der Waals surface area (Å²) in [5, 5.41) is 5.80. The molecular formula is C20H20ClN3O4. The van der Waals surface area contributed by atoms with E-state index in [9.17, 15) is 14.4 Å². The Bertz CT molecular complexity index is 885. The molecule has 7 nitrogen and oxygen atoms in total. The third kappa shape index (κ3) is 4.43. The lowest BCUT2D eigenvalue weighted by Crippen LogP contribution is -2.50. The molecule has 0 saturated carbocycles. The molecule has 0 fully saturated rings. The Labute approximate surface area is 167 Å². The summed E-state index contributed by atoms with van der Waals surface area (Å²) in [7, 11) is 1.52. The average molecular weight is 402 g/mol. The summed E-state index contributed by atoms with van der Waals surface area (Å²) in [5.41, 5.74) is 1.07. The minimum atomic E-state index is -0.785. The van der Waals surface area contributed by atoms with Crippen LogP contribution in [0.5, 0.6) is 5.75 Å². The quantitative estimate of drug-likeness (QED) is 0.802. The Balaban J connectivity index is 1.63. The van der Waals surface area contributed by atoms with Crippen molar-refractivity contribution in [2.45, 2.75) is 12.5 Å². The highest BCUT2D eigenvalue weighted by Crippen LogP contribution is 2.33. The molecular weight excluding hydrogens is 382 g/mol. The van der Waals surface area contributed by atoms with Gasteiger partial charge < -0.3 is 20.3 Å². The number of likely N-dealkylation sites (N-methyl/N-ethyl adjacent to an activating group) is 1. The Morgan fingerprint density at radius 1 is 1.14 bits per heavy atom. The zero-order chi connectivity index (χ0) is 20.1. The molecule has 0 aromatic heterocycles. The SMILES string of the molecule is CNC(=O)[C@H]1CN(C(=O)CCNC(=O)c2ccc(Cl)cc2)c2ccccc2O1. The van der Waals surface area contributed by atoms with Crippen LogP contribution in [0.1, 0.15) is 16.8 Å². The van der Waals surface area contributed by atoms with E-state index in [2.05, 4.69) is 10.6 Å². The zero-order valence-electron chi connectivity index (χ0n) is 15.3. The highest BCUT2D eigenvalue weighted by molar-refractivity contribution is 6.30. The number of ether oxygens (including phenoxy) is 1. The number of hydrogen-bond donors (Lipinski definition) is 2. The smallest absolute Gasteiger partial charge is 0.262 e. The molecule has 3 amide bonds. The van der Waals surface area contributed by atoms with Crippen molar-refractivity contribution in [3.05, 3.63) is 59.1 Å². The average Bonchev–Trinajstić information content (AvgIpc) is 2.72. The molecule has 2 aromatic rings. The molecule has 146 valence electrons. The first-order valence-corrected chi connectivity index (χ1v) is 9.19. The number of amides is 3. The standard InChI is InChI=1S/C20H20ClN3O4/c1-22-20(27)17-12-24(15-4-2-3-5-16(15)28-17)18(25)10-11-23-19(26)13-6-8-14(21)9-7-13/h2-9,17H,10-12H2,1H3,(H,22,27)(H,23,26)/t17-/m1/s1. The van der Waals surface area contributed by atoms with Gasteiger partial charge in [-0.1, -0.05) is 23.7 Å². The summed E-state index contributed by atoms with van der Waals surface area (Å²) in [6.07, 6.45) is -0.693. The third-order valence-corrected chi connectivity index (χ3v) is 4.60. The van der Waals surface area contributed by atoms with Gasteiger partial charge in [0.1, 0.15) is 5.75 Å². The van der Waals surface area contributed by atoms with Gasteiger partial charge >= 0.3 is 0 Å². The maximum Gasteiger partial charge on any atom is 0.262 e. The van der Waals surface area contributed by atoms with E-state index in [0.29, 0.717) is 22.0 Å². The van der Waals surface area contributed by atoms with Crippen molar-refractivity contribution in [2.24, 2.45) is 0 Å². The third-order valence-electron chi connectivity index (χ3n) is 4.34. The molecule has 1 atom stereocenters. The van der Waals surface area contributed by atoms with Gasteiger partial charge in [-0.3, -0.25) is 14.4 Å². The summed E-state index contributed by atoms with van der Waals surface area (Å²) in [4.78, 5) is 38.4. The zero-order valence-corrected chi connectivity index (χ0v) is 16.0. The van der Waals surface area contributed by atoms with Gasteiger partial charge in [0, 0.05) is 30.6 Å². The van der Waals surface area contributed by atoms with Gasteiger partial charge in [0.25, 0.3) is 11.8 Å². The predicted octanol–water partition coefficient (Wildman–Crippen LogP) is 2.00. The summed E-state index contributed by atoms with van der Waals surface area (Å²) < 4.78 is 5.69. The summed E-state index contributed by atoms with van der Waals surface area (Å²) in [6.45, 7) is 0.283. The van der Waals surface area contributed by atoms with E-state index in [1.165, 1.54) is 11.9 Å². The molecule has 1 heterocycles. The van der Waals surface area contributed by atoms with Crippen molar-refractivity contribution in [1.82, 2.24) is 10.6 Å². The molecule has 1 aliphatic rings. The Hall–Kier alpha value is -3.06. The van der Waals surface area contributed by atoms with Gasteiger partial charge in [0.05, 0.1) is 12.2 Å². The number of nitrogens with zero attached hydrogens (tertiary/aromatic N) is 1. The molecule has 0 spiro atoms. The van der Waals surface area contributed by atoms with Crippen molar-refractivity contribution in [3.8, 4) is 5.75 Å². The number of halogens is 1. The van der Waals surface area contributed by atoms with E-state index in [1.807, 2.05) is 0 Å². The Morgan fingerprint density at radius 3 is 2.57 bits per heavy atom. The molecule has 3 rings (SSSR count). The normalized spacial score (nSPS) is 15.2. The van der Waals surface area contributed by atoms with Crippen LogP contribution in [-0.4, -0.2) is 44.0 Å². The first kappa shape index (κ1) is 19.7. The lowest BCUT2D eigenvalue weighted by molar-refractivity contribution is -0.127. The van der Waals surface area contributed by atoms with E-state index in [4.69, 9.17) is 16.3 Å².